The maximum absolute atomic E-state index is 3.71. The van der Waals surface area contributed by atoms with E-state index in [9.17, 15) is 0 Å². The van der Waals surface area contributed by atoms with Crippen LogP contribution < -0.4 is 5.32 Å². The van der Waals surface area contributed by atoms with E-state index in [-0.39, 0.29) is 6.04 Å². The zero-order valence-electron chi connectivity index (χ0n) is 12.2. The Balaban J connectivity index is 1.80. The van der Waals surface area contributed by atoms with Gasteiger partial charge >= 0.3 is 0 Å². The number of rotatable bonds is 6. The first-order valence-corrected chi connectivity index (χ1v) is 8.22. The Morgan fingerprint density at radius 2 is 1.90 bits per heavy atom. The van der Waals surface area contributed by atoms with Crippen molar-refractivity contribution >= 4 is 11.3 Å². The summed E-state index contributed by atoms with van der Waals surface area (Å²) in [6, 6.07) is 19.5. The van der Waals surface area contributed by atoms with Gasteiger partial charge in [-0.1, -0.05) is 36.4 Å². The zero-order chi connectivity index (χ0) is 14.5. The molecule has 0 spiro atoms. The van der Waals surface area contributed by atoms with Crippen LogP contribution in [0, 0.1) is 0 Å². The molecule has 108 valence electrons. The summed E-state index contributed by atoms with van der Waals surface area (Å²) in [4.78, 5) is 1.36. The number of benzene rings is 1. The molecule has 1 aromatic carbocycles. The van der Waals surface area contributed by atoms with E-state index in [1.54, 1.807) is 11.3 Å². The lowest BCUT2D eigenvalue weighted by atomic mass is 10.1. The van der Waals surface area contributed by atoms with Gasteiger partial charge in [-0.05, 0) is 36.1 Å². The Labute approximate surface area is 130 Å². The van der Waals surface area contributed by atoms with Crippen molar-refractivity contribution in [1.29, 1.82) is 0 Å². The van der Waals surface area contributed by atoms with Gasteiger partial charge in [0, 0.05) is 29.9 Å². The molecule has 0 aliphatic carbocycles. The molecule has 3 aromatic rings. The highest BCUT2D eigenvalue weighted by atomic mass is 32.1. The normalized spacial score (nSPS) is 12.4. The Bertz CT molecular complexity index is 656. The van der Waals surface area contributed by atoms with Gasteiger partial charge in [-0.25, -0.2) is 0 Å². The molecule has 21 heavy (non-hydrogen) atoms. The molecule has 3 heteroatoms. The SMILES string of the molecule is CCn1cccc1CNC(c1ccccc1)c1cccs1. The van der Waals surface area contributed by atoms with Crippen LogP contribution in [0.1, 0.15) is 29.1 Å². The third-order valence-electron chi connectivity index (χ3n) is 3.71. The lowest BCUT2D eigenvalue weighted by Crippen LogP contribution is -2.22. The van der Waals surface area contributed by atoms with Gasteiger partial charge in [-0.3, -0.25) is 5.32 Å². The standard InChI is InChI=1S/C18H20N2S/c1-2-20-12-6-10-16(20)14-19-18(17-11-7-13-21-17)15-8-4-3-5-9-15/h3-13,18-19H,2,14H2,1H3. The van der Waals surface area contributed by atoms with Crippen LogP contribution in [0.3, 0.4) is 0 Å². The van der Waals surface area contributed by atoms with Gasteiger partial charge in [0.1, 0.15) is 0 Å². The molecule has 0 amide bonds. The van der Waals surface area contributed by atoms with E-state index < -0.39 is 0 Å². The number of thiophene rings is 1. The van der Waals surface area contributed by atoms with E-state index in [2.05, 4.69) is 83.0 Å². The number of nitrogens with zero attached hydrogens (tertiary/aromatic N) is 1. The fraction of sp³-hybridized carbons (Fsp3) is 0.222. The summed E-state index contributed by atoms with van der Waals surface area (Å²) in [5, 5.41) is 5.85. The fourth-order valence-corrected chi connectivity index (χ4v) is 3.44. The molecule has 0 bridgehead atoms. The Morgan fingerprint density at radius 1 is 1.05 bits per heavy atom. The topological polar surface area (TPSA) is 17.0 Å². The molecule has 1 unspecified atom stereocenters. The highest BCUT2D eigenvalue weighted by molar-refractivity contribution is 7.10. The third-order valence-corrected chi connectivity index (χ3v) is 4.65. The fourth-order valence-electron chi connectivity index (χ4n) is 2.61. The van der Waals surface area contributed by atoms with Crippen LogP contribution in [0.2, 0.25) is 0 Å². The lowest BCUT2D eigenvalue weighted by Gasteiger charge is -2.19. The molecule has 2 nitrogen and oxygen atoms in total. The van der Waals surface area contributed by atoms with Crippen LogP contribution in [0.25, 0.3) is 0 Å². The number of aromatic nitrogens is 1. The second-order valence-electron chi connectivity index (χ2n) is 5.03. The molecule has 1 atom stereocenters. The van der Waals surface area contributed by atoms with Crippen LogP contribution in [-0.2, 0) is 13.1 Å². The van der Waals surface area contributed by atoms with Crippen LogP contribution in [0.15, 0.2) is 66.2 Å². The van der Waals surface area contributed by atoms with Crippen LogP contribution in [0.4, 0.5) is 0 Å². The molecule has 0 radical (unpaired) electrons. The van der Waals surface area contributed by atoms with Crippen molar-refractivity contribution in [2.24, 2.45) is 0 Å². The van der Waals surface area contributed by atoms with Crippen molar-refractivity contribution in [3.8, 4) is 0 Å². The summed E-state index contributed by atoms with van der Waals surface area (Å²) in [5.41, 5.74) is 2.64. The minimum atomic E-state index is 0.256. The van der Waals surface area contributed by atoms with Gasteiger partial charge in [-0.2, -0.15) is 0 Å². The van der Waals surface area contributed by atoms with E-state index in [1.165, 1.54) is 16.1 Å². The molecule has 0 saturated carbocycles. The molecular weight excluding hydrogens is 276 g/mol. The van der Waals surface area contributed by atoms with Gasteiger partial charge in [0.15, 0.2) is 0 Å². The molecule has 2 heterocycles. The number of aryl methyl sites for hydroxylation is 1. The zero-order valence-corrected chi connectivity index (χ0v) is 13.0. The second kappa shape index (κ2) is 6.74. The number of hydrogen-bond donors (Lipinski definition) is 1. The predicted molar refractivity (Wildman–Crippen MR) is 89.5 cm³/mol. The lowest BCUT2D eigenvalue weighted by molar-refractivity contribution is 0.579. The van der Waals surface area contributed by atoms with Crippen LogP contribution in [0.5, 0.6) is 0 Å². The van der Waals surface area contributed by atoms with E-state index in [1.807, 2.05) is 0 Å². The number of nitrogens with one attached hydrogen (secondary N) is 1. The quantitative estimate of drug-likeness (QED) is 0.711. The summed E-state index contributed by atoms with van der Waals surface area (Å²) in [7, 11) is 0. The average Bonchev–Trinajstić information content (AvgIpc) is 3.20. The molecule has 0 fully saturated rings. The molecule has 0 aliphatic heterocycles. The summed E-state index contributed by atoms with van der Waals surface area (Å²) in [6.07, 6.45) is 2.14. The second-order valence-corrected chi connectivity index (χ2v) is 6.00. The minimum absolute atomic E-state index is 0.256. The molecule has 2 aromatic heterocycles. The van der Waals surface area contributed by atoms with E-state index in [0.29, 0.717) is 0 Å². The van der Waals surface area contributed by atoms with Crippen molar-refractivity contribution < 1.29 is 0 Å². The minimum Gasteiger partial charge on any atom is -0.351 e. The van der Waals surface area contributed by atoms with Crippen molar-refractivity contribution in [3.63, 3.8) is 0 Å². The largest absolute Gasteiger partial charge is 0.351 e. The molecule has 1 N–H and O–H groups in total. The van der Waals surface area contributed by atoms with E-state index >= 15 is 0 Å². The van der Waals surface area contributed by atoms with Crippen molar-refractivity contribution in [3.05, 3.63) is 82.3 Å². The van der Waals surface area contributed by atoms with E-state index in [0.717, 1.165) is 13.1 Å². The Kier molecular flexibility index (Phi) is 4.53. The Hall–Kier alpha value is -1.84. The van der Waals surface area contributed by atoms with Gasteiger partial charge in [0.05, 0.1) is 6.04 Å². The first kappa shape index (κ1) is 14.1. The molecular formula is C18H20N2S. The molecule has 0 saturated heterocycles. The monoisotopic (exact) mass is 296 g/mol. The van der Waals surface area contributed by atoms with Gasteiger partial charge < -0.3 is 4.57 Å². The summed E-state index contributed by atoms with van der Waals surface area (Å²) in [6.45, 7) is 4.06. The third kappa shape index (κ3) is 3.26. The summed E-state index contributed by atoms with van der Waals surface area (Å²) >= 11 is 1.80. The maximum Gasteiger partial charge on any atom is 0.0674 e. The smallest absolute Gasteiger partial charge is 0.0674 e. The predicted octanol–water partition coefficient (Wildman–Crippen LogP) is 4.45. The number of hydrogen-bond acceptors (Lipinski definition) is 2. The average molecular weight is 296 g/mol. The van der Waals surface area contributed by atoms with Crippen molar-refractivity contribution in [2.45, 2.75) is 26.1 Å². The Morgan fingerprint density at radius 3 is 2.62 bits per heavy atom. The summed E-state index contributed by atoms with van der Waals surface area (Å²) in [5.74, 6) is 0. The van der Waals surface area contributed by atoms with E-state index in [4.69, 9.17) is 0 Å². The molecule has 3 rings (SSSR count). The molecule has 0 aliphatic rings. The van der Waals surface area contributed by atoms with Crippen LogP contribution in [-0.4, -0.2) is 4.57 Å². The van der Waals surface area contributed by atoms with Crippen molar-refractivity contribution in [2.75, 3.05) is 0 Å². The first-order chi connectivity index (χ1) is 10.4. The van der Waals surface area contributed by atoms with Gasteiger partial charge in [0.25, 0.3) is 0 Å². The van der Waals surface area contributed by atoms with Crippen LogP contribution >= 0.6 is 11.3 Å². The van der Waals surface area contributed by atoms with Gasteiger partial charge in [0.2, 0.25) is 0 Å². The first-order valence-electron chi connectivity index (χ1n) is 7.34. The maximum atomic E-state index is 3.71. The van der Waals surface area contributed by atoms with Crippen molar-refractivity contribution in [1.82, 2.24) is 9.88 Å². The van der Waals surface area contributed by atoms with Gasteiger partial charge in [-0.15, -0.1) is 11.3 Å². The highest BCUT2D eigenvalue weighted by Gasteiger charge is 2.14. The highest BCUT2D eigenvalue weighted by Crippen LogP contribution is 2.26. The summed E-state index contributed by atoms with van der Waals surface area (Å²) < 4.78 is 2.28.